The smallest absolute Gasteiger partial charge is 0.220 e. The van der Waals surface area contributed by atoms with E-state index in [0.29, 0.717) is 12.3 Å². The van der Waals surface area contributed by atoms with Gasteiger partial charge in [0, 0.05) is 13.0 Å². The fraction of sp³-hybridized carbons (Fsp3) is 0.632. The largest absolute Gasteiger partial charge is 0.356 e. The molecule has 1 aromatic carbocycles. The summed E-state index contributed by atoms with van der Waals surface area (Å²) < 4.78 is 0. The van der Waals surface area contributed by atoms with Crippen LogP contribution >= 0.6 is 12.4 Å². The highest BCUT2D eigenvalue weighted by atomic mass is 35.5. The molecule has 0 radical (unpaired) electrons. The number of aryl methyl sites for hydroxylation is 1. The summed E-state index contributed by atoms with van der Waals surface area (Å²) in [5.41, 5.74) is 2.55. The number of amides is 1. The highest BCUT2D eigenvalue weighted by molar-refractivity contribution is 5.85. The van der Waals surface area contributed by atoms with Gasteiger partial charge in [0.2, 0.25) is 5.91 Å². The number of hydrogen-bond donors (Lipinski definition) is 2. The summed E-state index contributed by atoms with van der Waals surface area (Å²) in [4.78, 5) is 12.2. The highest BCUT2D eigenvalue weighted by Gasteiger charge is 2.16. The third-order valence-electron chi connectivity index (χ3n) is 4.75. The van der Waals surface area contributed by atoms with Crippen molar-refractivity contribution in [2.24, 2.45) is 5.92 Å². The predicted molar refractivity (Wildman–Crippen MR) is 99.3 cm³/mol. The van der Waals surface area contributed by atoms with Crippen LogP contribution < -0.4 is 10.6 Å². The summed E-state index contributed by atoms with van der Waals surface area (Å²) in [6, 6.07) is 8.58. The number of nitrogens with one attached hydrogen (secondary N) is 2. The average Bonchev–Trinajstić information content (AvgIpc) is 2.54. The number of piperidine rings is 1. The summed E-state index contributed by atoms with van der Waals surface area (Å²) in [6.45, 7) is 7.33. The Hall–Kier alpha value is -1.06. The number of halogens is 1. The maximum Gasteiger partial charge on any atom is 0.220 e. The van der Waals surface area contributed by atoms with Crippen LogP contribution in [0.15, 0.2) is 24.3 Å². The highest BCUT2D eigenvalue weighted by Crippen LogP contribution is 2.23. The molecule has 0 bridgehead atoms. The topological polar surface area (TPSA) is 41.1 Å². The van der Waals surface area contributed by atoms with E-state index in [1.807, 2.05) is 0 Å². The van der Waals surface area contributed by atoms with E-state index in [-0.39, 0.29) is 18.3 Å². The molecule has 1 aromatic rings. The molecule has 1 heterocycles. The molecule has 130 valence electrons. The quantitative estimate of drug-likeness (QED) is 0.793. The Morgan fingerprint density at radius 3 is 2.70 bits per heavy atom. The molecule has 3 nitrogen and oxygen atoms in total. The summed E-state index contributed by atoms with van der Waals surface area (Å²) in [5, 5.41) is 6.54. The normalized spacial score (nSPS) is 18.8. The van der Waals surface area contributed by atoms with Crippen molar-refractivity contribution in [3.8, 4) is 0 Å². The molecular formula is C19H31ClN2O. The van der Waals surface area contributed by atoms with Gasteiger partial charge in [0.1, 0.15) is 0 Å². The molecule has 2 unspecified atom stereocenters. The van der Waals surface area contributed by atoms with Gasteiger partial charge in [0.05, 0.1) is 0 Å². The molecule has 1 saturated heterocycles. The van der Waals surface area contributed by atoms with E-state index in [0.717, 1.165) is 38.4 Å². The Balaban J connectivity index is 0.00000264. The lowest BCUT2D eigenvalue weighted by Gasteiger charge is -2.23. The molecule has 0 aromatic heterocycles. The maximum atomic E-state index is 12.2. The lowest BCUT2D eigenvalue weighted by molar-refractivity contribution is -0.121. The Bertz CT molecular complexity index is 455. The first kappa shape index (κ1) is 20.0. The summed E-state index contributed by atoms with van der Waals surface area (Å²) >= 11 is 0. The third kappa shape index (κ3) is 6.92. The summed E-state index contributed by atoms with van der Waals surface area (Å²) in [7, 11) is 0. The molecule has 0 spiro atoms. The zero-order valence-electron chi connectivity index (χ0n) is 14.4. The Labute approximate surface area is 147 Å². The molecule has 2 atom stereocenters. The minimum atomic E-state index is 0. The minimum absolute atomic E-state index is 0. The zero-order valence-corrected chi connectivity index (χ0v) is 15.3. The third-order valence-corrected chi connectivity index (χ3v) is 4.75. The van der Waals surface area contributed by atoms with Crippen LogP contribution in [-0.4, -0.2) is 25.5 Å². The van der Waals surface area contributed by atoms with Crippen molar-refractivity contribution >= 4 is 18.3 Å². The van der Waals surface area contributed by atoms with E-state index in [2.05, 4.69) is 48.7 Å². The van der Waals surface area contributed by atoms with Crippen molar-refractivity contribution in [1.82, 2.24) is 10.6 Å². The molecule has 1 aliphatic heterocycles. The number of benzene rings is 1. The standard InChI is InChI=1S/C19H30N2O.ClH/c1-3-17(18-8-6-15(2)7-9-18)13-19(22)21-12-10-16-5-4-11-20-14-16;/h6-9,16-17,20H,3-5,10-14H2,1-2H3,(H,21,22);1H. The van der Waals surface area contributed by atoms with Gasteiger partial charge >= 0.3 is 0 Å². The van der Waals surface area contributed by atoms with E-state index >= 15 is 0 Å². The fourth-order valence-electron chi connectivity index (χ4n) is 3.22. The van der Waals surface area contributed by atoms with Gasteiger partial charge in [0.25, 0.3) is 0 Å². The van der Waals surface area contributed by atoms with Gasteiger partial charge in [0.15, 0.2) is 0 Å². The van der Waals surface area contributed by atoms with E-state index in [9.17, 15) is 4.79 Å². The van der Waals surface area contributed by atoms with Crippen molar-refractivity contribution in [2.75, 3.05) is 19.6 Å². The maximum absolute atomic E-state index is 12.2. The van der Waals surface area contributed by atoms with Crippen LogP contribution in [0.1, 0.15) is 56.1 Å². The minimum Gasteiger partial charge on any atom is -0.356 e. The Kier molecular flexibility index (Phi) is 9.27. The number of rotatable bonds is 7. The fourth-order valence-corrected chi connectivity index (χ4v) is 3.22. The van der Waals surface area contributed by atoms with Crippen molar-refractivity contribution in [1.29, 1.82) is 0 Å². The van der Waals surface area contributed by atoms with Crippen LogP contribution in [0.2, 0.25) is 0 Å². The van der Waals surface area contributed by atoms with Crippen LogP contribution in [-0.2, 0) is 4.79 Å². The molecule has 2 N–H and O–H groups in total. The van der Waals surface area contributed by atoms with Crippen LogP contribution in [0.5, 0.6) is 0 Å². The van der Waals surface area contributed by atoms with Crippen LogP contribution in [0, 0.1) is 12.8 Å². The van der Waals surface area contributed by atoms with Crippen LogP contribution in [0.25, 0.3) is 0 Å². The van der Waals surface area contributed by atoms with Gasteiger partial charge in [-0.05, 0) is 63.1 Å². The SMILES string of the molecule is CCC(CC(=O)NCCC1CCCNC1)c1ccc(C)cc1.Cl. The number of carbonyl (C=O) groups excluding carboxylic acids is 1. The predicted octanol–water partition coefficient (Wildman–Crippen LogP) is 3.81. The summed E-state index contributed by atoms with van der Waals surface area (Å²) in [5.74, 6) is 1.25. The first-order valence-corrected chi connectivity index (χ1v) is 8.73. The first-order chi connectivity index (χ1) is 10.7. The molecule has 1 fully saturated rings. The second kappa shape index (κ2) is 10.7. The zero-order chi connectivity index (χ0) is 15.8. The van der Waals surface area contributed by atoms with Gasteiger partial charge < -0.3 is 10.6 Å². The Morgan fingerprint density at radius 2 is 2.09 bits per heavy atom. The van der Waals surface area contributed by atoms with E-state index in [4.69, 9.17) is 0 Å². The van der Waals surface area contributed by atoms with E-state index in [1.54, 1.807) is 0 Å². The molecule has 0 saturated carbocycles. The first-order valence-electron chi connectivity index (χ1n) is 8.73. The van der Waals surface area contributed by atoms with Crippen LogP contribution in [0.4, 0.5) is 0 Å². The number of hydrogen-bond acceptors (Lipinski definition) is 2. The van der Waals surface area contributed by atoms with Crippen molar-refractivity contribution in [3.63, 3.8) is 0 Å². The monoisotopic (exact) mass is 338 g/mol. The van der Waals surface area contributed by atoms with E-state index in [1.165, 1.54) is 24.0 Å². The van der Waals surface area contributed by atoms with Gasteiger partial charge in [-0.3, -0.25) is 4.79 Å². The van der Waals surface area contributed by atoms with Gasteiger partial charge in [-0.25, -0.2) is 0 Å². The van der Waals surface area contributed by atoms with Crippen LogP contribution in [0.3, 0.4) is 0 Å². The second-order valence-electron chi connectivity index (χ2n) is 6.57. The molecule has 2 rings (SSSR count). The molecule has 4 heteroatoms. The van der Waals surface area contributed by atoms with Gasteiger partial charge in [-0.2, -0.15) is 0 Å². The number of carbonyl (C=O) groups is 1. The van der Waals surface area contributed by atoms with Gasteiger partial charge in [-0.1, -0.05) is 36.8 Å². The van der Waals surface area contributed by atoms with Gasteiger partial charge in [-0.15, -0.1) is 12.4 Å². The molecule has 0 aliphatic carbocycles. The molecular weight excluding hydrogens is 308 g/mol. The van der Waals surface area contributed by atoms with Crippen molar-refractivity contribution < 1.29 is 4.79 Å². The molecule has 23 heavy (non-hydrogen) atoms. The summed E-state index contributed by atoms with van der Waals surface area (Å²) in [6.07, 6.45) is 5.26. The lowest BCUT2D eigenvalue weighted by atomic mass is 9.92. The van der Waals surface area contributed by atoms with E-state index < -0.39 is 0 Å². The lowest BCUT2D eigenvalue weighted by Crippen LogP contribution is -2.33. The average molecular weight is 339 g/mol. The molecule has 1 aliphatic rings. The van der Waals surface area contributed by atoms with Crippen molar-refractivity contribution in [2.45, 2.75) is 51.9 Å². The Morgan fingerprint density at radius 1 is 1.35 bits per heavy atom. The molecule has 1 amide bonds. The second-order valence-corrected chi connectivity index (χ2v) is 6.57. The van der Waals surface area contributed by atoms with Crippen molar-refractivity contribution in [3.05, 3.63) is 35.4 Å².